The van der Waals surface area contributed by atoms with Gasteiger partial charge < -0.3 is 16.0 Å². The summed E-state index contributed by atoms with van der Waals surface area (Å²) in [5.41, 5.74) is 5.38. The van der Waals surface area contributed by atoms with Gasteiger partial charge in [-0.05, 0) is 18.9 Å². The maximum Gasteiger partial charge on any atom is 0.311 e. The van der Waals surface area contributed by atoms with Gasteiger partial charge in [-0.15, -0.1) is 0 Å². The number of carbonyl (C=O) groups excluding carboxylic acids is 2. The van der Waals surface area contributed by atoms with Gasteiger partial charge in [0.25, 0.3) is 0 Å². The van der Waals surface area contributed by atoms with E-state index in [1.165, 1.54) is 0 Å². The van der Waals surface area contributed by atoms with E-state index < -0.39 is 11.8 Å². The van der Waals surface area contributed by atoms with E-state index in [1.807, 2.05) is 13.8 Å². The molecule has 1 heterocycles. The molecule has 0 saturated carbocycles. The molecule has 3 N–H and O–H groups in total. The van der Waals surface area contributed by atoms with Crippen molar-refractivity contribution >= 4 is 11.8 Å². The summed E-state index contributed by atoms with van der Waals surface area (Å²) in [6, 6.07) is 0.0629. The highest BCUT2D eigenvalue weighted by Gasteiger charge is 2.32. The highest BCUT2D eigenvalue weighted by atomic mass is 16.2. The summed E-state index contributed by atoms with van der Waals surface area (Å²) in [5, 5.41) is 2.71. The van der Waals surface area contributed by atoms with E-state index in [0.717, 1.165) is 6.42 Å². The van der Waals surface area contributed by atoms with Crippen LogP contribution in [0.3, 0.4) is 0 Å². The number of piperazine rings is 1. The lowest BCUT2D eigenvalue weighted by atomic mass is 10.0. The average Bonchev–Trinajstić information content (AvgIpc) is 2.19. The molecule has 1 atom stereocenters. The van der Waals surface area contributed by atoms with Crippen LogP contribution in [0.15, 0.2) is 0 Å². The molecule has 5 nitrogen and oxygen atoms in total. The van der Waals surface area contributed by atoms with Crippen LogP contribution >= 0.6 is 0 Å². The van der Waals surface area contributed by atoms with Crippen LogP contribution in [-0.4, -0.2) is 42.4 Å². The molecule has 1 fully saturated rings. The summed E-state index contributed by atoms with van der Waals surface area (Å²) in [4.78, 5) is 24.4. The SMILES string of the molecule is CC(C)C1CN(CCCN)C(=O)C(=O)N1. The topological polar surface area (TPSA) is 75.4 Å². The Morgan fingerprint density at radius 3 is 2.73 bits per heavy atom. The monoisotopic (exact) mass is 213 g/mol. The van der Waals surface area contributed by atoms with Crippen molar-refractivity contribution in [3.05, 3.63) is 0 Å². The standard InChI is InChI=1S/C10H19N3O2/c1-7(2)8-6-13(5-3-4-11)10(15)9(14)12-8/h7-8H,3-6,11H2,1-2H3,(H,12,14). The molecule has 1 rings (SSSR count). The van der Waals surface area contributed by atoms with Gasteiger partial charge in [0.2, 0.25) is 0 Å². The molecule has 0 aromatic heterocycles. The fourth-order valence-corrected chi connectivity index (χ4v) is 1.59. The second-order valence-corrected chi connectivity index (χ2v) is 4.22. The van der Waals surface area contributed by atoms with Crippen LogP contribution in [0.25, 0.3) is 0 Å². The molecule has 0 aliphatic carbocycles. The molecule has 0 radical (unpaired) electrons. The second-order valence-electron chi connectivity index (χ2n) is 4.22. The van der Waals surface area contributed by atoms with Crippen molar-refractivity contribution in [2.75, 3.05) is 19.6 Å². The zero-order valence-electron chi connectivity index (χ0n) is 9.32. The van der Waals surface area contributed by atoms with Crippen LogP contribution in [0.5, 0.6) is 0 Å². The number of nitrogens with two attached hydrogens (primary N) is 1. The number of hydrogen-bond acceptors (Lipinski definition) is 3. The number of amides is 2. The summed E-state index contributed by atoms with van der Waals surface area (Å²) in [6.07, 6.45) is 0.740. The highest BCUT2D eigenvalue weighted by molar-refractivity contribution is 6.35. The van der Waals surface area contributed by atoms with Crippen molar-refractivity contribution in [1.29, 1.82) is 0 Å². The zero-order chi connectivity index (χ0) is 11.4. The summed E-state index contributed by atoms with van der Waals surface area (Å²) in [7, 11) is 0. The van der Waals surface area contributed by atoms with Crippen LogP contribution < -0.4 is 11.1 Å². The molecule has 1 aliphatic rings. The third kappa shape index (κ3) is 2.92. The Balaban J connectivity index is 2.60. The third-order valence-electron chi connectivity index (χ3n) is 2.65. The second kappa shape index (κ2) is 5.11. The quantitative estimate of drug-likeness (QED) is 0.607. The van der Waals surface area contributed by atoms with Gasteiger partial charge >= 0.3 is 11.8 Å². The van der Waals surface area contributed by atoms with E-state index in [-0.39, 0.29) is 6.04 Å². The van der Waals surface area contributed by atoms with Crippen LogP contribution in [0.1, 0.15) is 20.3 Å². The lowest BCUT2D eigenvalue weighted by Gasteiger charge is -2.34. The van der Waals surface area contributed by atoms with E-state index in [2.05, 4.69) is 5.32 Å². The number of nitrogens with zero attached hydrogens (tertiary/aromatic N) is 1. The molecule has 0 spiro atoms. The minimum absolute atomic E-state index is 0.0629. The van der Waals surface area contributed by atoms with Crippen LogP contribution in [-0.2, 0) is 9.59 Å². The number of rotatable bonds is 4. The van der Waals surface area contributed by atoms with E-state index >= 15 is 0 Å². The fraction of sp³-hybridized carbons (Fsp3) is 0.800. The van der Waals surface area contributed by atoms with Gasteiger partial charge in [0.15, 0.2) is 0 Å². The Kier molecular flexibility index (Phi) is 4.08. The van der Waals surface area contributed by atoms with Crippen molar-refractivity contribution < 1.29 is 9.59 Å². The largest absolute Gasteiger partial charge is 0.343 e. The average molecular weight is 213 g/mol. The molecule has 2 amide bonds. The lowest BCUT2D eigenvalue weighted by Crippen LogP contribution is -2.59. The van der Waals surface area contributed by atoms with Crippen molar-refractivity contribution in [1.82, 2.24) is 10.2 Å². The Labute approximate surface area is 90.0 Å². The molecule has 1 saturated heterocycles. The zero-order valence-corrected chi connectivity index (χ0v) is 9.32. The molecule has 0 aromatic carbocycles. The highest BCUT2D eigenvalue weighted by Crippen LogP contribution is 2.09. The van der Waals surface area contributed by atoms with E-state index in [1.54, 1.807) is 4.90 Å². The molecule has 1 unspecified atom stereocenters. The number of hydrogen-bond donors (Lipinski definition) is 2. The van der Waals surface area contributed by atoms with Gasteiger partial charge in [-0.2, -0.15) is 0 Å². The Morgan fingerprint density at radius 1 is 1.53 bits per heavy atom. The first kappa shape index (κ1) is 12.0. The Morgan fingerprint density at radius 2 is 2.20 bits per heavy atom. The molecule has 0 bridgehead atoms. The maximum atomic E-state index is 11.5. The smallest absolute Gasteiger partial charge is 0.311 e. The van der Waals surface area contributed by atoms with Gasteiger partial charge in [-0.1, -0.05) is 13.8 Å². The van der Waals surface area contributed by atoms with Crippen LogP contribution in [0.4, 0.5) is 0 Å². The Bertz CT molecular complexity index is 253. The minimum Gasteiger partial charge on any atom is -0.343 e. The molecule has 1 aliphatic heterocycles. The molecular weight excluding hydrogens is 194 g/mol. The lowest BCUT2D eigenvalue weighted by molar-refractivity contribution is -0.150. The van der Waals surface area contributed by atoms with Gasteiger partial charge in [0.1, 0.15) is 0 Å². The summed E-state index contributed by atoms with van der Waals surface area (Å²) in [6.45, 7) is 5.77. The molecule has 15 heavy (non-hydrogen) atoms. The van der Waals surface area contributed by atoms with E-state index in [9.17, 15) is 9.59 Å². The summed E-state index contributed by atoms with van der Waals surface area (Å²) >= 11 is 0. The first-order chi connectivity index (χ1) is 7.06. The van der Waals surface area contributed by atoms with Gasteiger partial charge in [-0.25, -0.2) is 0 Å². The molecule has 86 valence electrons. The normalized spacial score (nSPS) is 22.1. The number of carbonyl (C=O) groups is 2. The van der Waals surface area contributed by atoms with Gasteiger partial charge in [-0.3, -0.25) is 9.59 Å². The van der Waals surface area contributed by atoms with Crippen molar-refractivity contribution in [3.8, 4) is 0 Å². The van der Waals surface area contributed by atoms with Gasteiger partial charge in [0, 0.05) is 19.1 Å². The number of nitrogens with one attached hydrogen (secondary N) is 1. The van der Waals surface area contributed by atoms with Crippen molar-refractivity contribution in [2.24, 2.45) is 11.7 Å². The fourth-order valence-electron chi connectivity index (χ4n) is 1.59. The van der Waals surface area contributed by atoms with Crippen LogP contribution in [0.2, 0.25) is 0 Å². The Hall–Kier alpha value is -1.10. The van der Waals surface area contributed by atoms with E-state index in [0.29, 0.717) is 25.6 Å². The predicted molar refractivity (Wildman–Crippen MR) is 57.0 cm³/mol. The van der Waals surface area contributed by atoms with Crippen molar-refractivity contribution in [2.45, 2.75) is 26.3 Å². The molecular formula is C10H19N3O2. The summed E-state index contributed by atoms with van der Waals surface area (Å²) < 4.78 is 0. The predicted octanol–water partition coefficient (Wildman–Crippen LogP) is -0.682. The van der Waals surface area contributed by atoms with Crippen LogP contribution in [0, 0.1) is 5.92 Å². The van der Waals surface area contributed by atoms with Crippen molar-refractivity contribution in [3.63, 3.8) is 0 Å². The first-order valence-electron chi connectivity index (χ1n) is 5.36. The molecule has 5 heteroatoms. The maximum absolute atomic E-state index is 11.5. The minimum atomic E-state index is -0.489. The van der Waals surface area contributed by atoms with E-state index in [4.69, 9.17) is 5.73 Å². The molecule has 0 aromatic rings. The van der Waals surface area contributed by atoms with Gasteiger partial charge in [0.05, 0.1) is 0 Å². The summed E-state index contributed by atoms with van der Waals surface area (Å²) in [5.74, 6) is -0.584. The third-order valence-corrected chi connectivity index (χ3v) is 2.65. The first-order valence-corrected chi connectivity index (χ1v) is 5.36.